The van der Waals surface area contributed by atoms with Gasteiger partial charge in [-0.25, -0.2) is 15.0 Å². The molecular formula is C14H23N7O. The molecule has 2 heterocycles. The van der Waals surface area contributed by atoms with Crippen molar-refractivity contribution >= 4 is 22.9 Å². The third-order valence-corrected chi connectivity index (χ3v) is 4.09. The fourth-order valence-corrected chi connectivity index (χ4v) is 2.43. The van der Waals surface area contributed by atoms with Gasteiger partial charge in [0.2, 0.25) is 5.91 Å². The minimum atomic E-state index is -0.340. The molecule has 4 N–H and O–H groups in total. The number of nitrogens with two attached hydrogens (primary N) is 1. The zero-order valence-electron chi connectivity index (χ0n) is 13.3. The van der Waals surface area contributed by atoms with Crippen LogP contribution in [0.1, 0.15) is 26.7 Å². The number of hydrogen-bond acceptors (Lipinski definition) is 6. The van der Waals surface area contributed by atoms with E-state index in [0.717, 1.165) is 12.8 Å². The molecule has 0 radical (unpaired) electrons. The predicted molar refractivity (Wildman–Crippen MR) is 85.5 cm³/mol. The second-order valence-electron chi connectivity index (χ2n) is 5.39. The first-order valence-electron chi connectivity index (χ1n) is 7.41. The highest BCUT2D eigenvalue weighted by atomic mass is 16.2. The Labute approximate surface area is 129 Å². The summed E-state index contributed by atoms with van der Waals surface area (Å²) in [5.74, 6) is 0.562. The number of carbonyl (C=O) groups is 1. The first-order valence-corrected chi connectivity index (χ1v) is 7.41. The Morgan fingerprint density at radius 1 is 1.36 bits per heavy atom. The van der Waals surface area contributed by atoms with Gasteiger partial charge < -0.3 is 20.9 Å². The molecule has 0 saturated heterocycles. The fourth-order valence-electron chi connectivity index (χ4n) is 2.43. The van der Waals surface area contributed by atoms with Gasteiger partial charge in [-0.15, -0.1) is 0 Å². The third-order valence-electron chi connectivity index (χ3n) is 4.09. The Hall–Kier alpha value is -2.22. The van der Waals surface area contributed by atoms with Crippen molar-refractivity contribution in [1.82, 2.24) is 25.3 Å². The van der Waals surface area contributed by atoms with Crippen LogP contribution in [0.15, 0.2) is 12.7 Å². The molecule has 2 aromatic heterocycles. The highest BCUT2D eigenvalue weighted by Crippen LogP contribution is 2.18. The number of rotatable bonds is 7. The Bertz CT molecular complexity index is 627. The zero-order valence-corrected chi connectivity index (χ0v) is 13.3. The molecule has 0 aliphatic rings. The maximum Gasteiger partial charge on any atom is 0.240 e. The molecule has 1 amide bonds. The number of aromatic nitrogens is 4. The molecule has 2 rings (SSSR count). The number of amides is 1. The SMILES string of the molecule is CCC(CC)(CN)NC(=O)CN(C)c1ncnc2nc[nH]c12. The number of likely N-dealkylation sites (N-methyl/N-ethyl adjacent to an activating group) is 1. The summed E-state index contributed by atoms with van der Waals surface area (Å²) in [6, 6.07) is 0. The standard InChI is InChI=1S/C14H23N7O/c1-4-14(5-2,7-15)20-10(22)6-21(3)13-11-12(17-8-16-11)18-9-19-13/h8-9H,4-7,15H2,1-3H3,(H,20,22)(H,16,17,18,19). The molecule has 0 aromatic carbocycles. The Kier molecular flexibility index (Phi) is 4.92. The van der Waals surface area contributed by atoms with Gasteiger partial charge in [-0.1, -0.05) is 13.8 Å². The molecule has 0 aliphatic carbocycles. The van der Waals surface area contributed by atoms with E-state index in [2.05, 4.69) is 25.3 Å². The molecule has 22 heavy (non-hydrogen) atoms. The van der Waals surface area contributed by atoms with Gasteiger partial charge in [-0.05, 0) is 12.8 Å². The first kappa shape index (κ1) is 16.2. The molecule has 0 fully saturated rings. The van der Waals surface area contributed by atoms with Gasteiger partial charge in [0, 0.05) is 13.6 Å². The van der Waals surface area contributed by atoms with Crippen molar-refractivity contribution < 1.29 is 4.79 Å². The molecule has 0 atom stereocenters. The summed E-state index contributed by atoms with van der Waals surface area (Å²) >= 11 is 0. The number of anilines is 1. The highest BCUT2D eigenvalue weighted by molar-refractivity contribution is 5.87. The molecule has 0 unspecified atom stereocenters. The van der Waals surface area contributed by atoms with Crippen LogP contribution in [0.3, 0.4) is 0 Å². The summed E-state index contributed by atoms with van der Waals surface area (Å²) in [5, 5.41) is 3.05. The second-order valence-corrected chi connectivity index (χ2v) is 5.39. The van der Waals surface area contributed by atoms with E-state index in [1.165, 1.54) is 6.33 Å². The molecular weight excluding hydrogens is 282 g/mol. The maximum absolute atomic E-state index is 12.3. The van der Waals surface area contributed by atoms with Gasteiger partial charge in [0.15, 0.2) is 11.5 Å². The molecule has 8 nitrogen and oxygen atoms in total. The summed E-state index contributed by atoms with van der Waals surface area (Å²) in [6.45, 7) is 4.67. The number of aromatic amines is 1. The van der Waals surface area contributed by atoms with Crippen molar-refractivity contribution in [1.29, 1.82) is 0 Å². The summed E-state index contributed by atoms with van der Waals surface area (Å²) < 4.78 is 0. The minimum absolute atomic E-state index is 0.0806. The predicted octanol–water partition coefficient (Wildman–Crippen LogP) is 0.423. The smallest absolute Gasteiger partial charge is 0.240 e. The van der Waals surface area contributed by atoms with Crippen molar-refractivity contribution in [2.75, 3.05) is 25.0 Å². The molecule has 120 valence electrons. The quantitative estimate of drug-likeness (QED) is 0.683. The summed E-state index contributed by atoms with van der Waals surface area (Å²) in [6.07, 6.45) is 4.60. The Morgan fingerprint density at radius 3 is 2.73 bits per heavy atom. The fraction of sp³-hybridized carbons (Fsp3) is 0.571. The van der Waals surface area contributed by atoms with Gasteiger partial charge in [-0.3, -0.25) is 4.79 Å². The number of carbonyl (C=O) groups excluding carboxylic acids is 1. The van der Waals surface area contributed by atoms with Crippen molar-refractivity contribution in [2.24, 2.45) is 5.73 Å². The van der Waals surface area contributed by atoms with E-state index in [1.54, 1.807) is 11.2 Å². The van der Waals surface area contributed by atoms with Crippen LogP contribution in [0.5, 0.6) is 0 Å². The minimum Gasteiger partial charge on any atom is -0.348 e. The van der Waals surface area contributed by atoms with E-state index in [4.69, 9.17) is 5.73 Å². The van der Waals surface area contributed by atoms with Crippen LogP contribution in [0.2, 0.25) is 0 Å². The molecule has 0 saturated carbocycles. The van der Waals surface area contributed by atoms with E-state index >= 15 is 0 Å². The van der Waals surface area contributed by atoms with Crippen LogP contribution in [0, 0.1) is 0 Å². The van der Waals surface area contributed by atoms with Crippen LogP contribution in [0.25, 0.3) is 11.2 Å². The van der Waals surface area contributed by atoms with Gasteiger partial charge >= 0.3 is 0 Å². The summed E-state index contributed by atoms with van der Waals surface area (Å²) in [4.78, 5) is 29.5. The number of nitrogens with zero attached hydrogens (tertiary/aromatic N) is 4. The van der Waals surface area contributed by atoms with Crippen molar-refractivity contribution in [3.05, 3.63) is 12.7 Å². The number of imidazole rings is 1. The van der Waals surface area contributed by atoms with Crippen molar-refractivity contribution in [3.63, 3.8) is 0 Å². The summed E-state index contributed by atoms with van der Waals surface area (Å²) in [5.41, 5.74) is 6.77. The molecule has 0 bridgehead atoms. The largest absolute Gasteiger partial charge is 0.348 e. The van der Waals surface area contributed by atoms with Crippen LogP contribution >= 0.6 is 0 Å². The van der Waals surface area contributed by atoms with E-state index < -0.39 is 0 Å². The van der Waals surface area contributed by atoms with E-state index in [9.17, 15) is 4.79 Å². The maximum atomic E-state index is 12.3. The van der Waals surface area contributed by atoms with Gasteiger partial charge in [-0.2, -0.15) is 0 Å². The van der Waals surface area contributed by atoms with Crippen molar-refractivity contribution in [2.45, 2.75) is 32.2 Å². The second kappa shape index (κ2) is 6.69. The van der Waals surface area contributed by atoms with Gasteiger partial charge in [0.05, 0.1) is 18.4 Å². The molecule has 8 heteroatoms. The van der Waals surface area contributed by atoms with Crippen LogP contribution in [0.4, 0.5) is 5.82 Å². The first-order chi connectivity index (χ1) is 10.5. The Balaban J connectivity index is 2.10. The van der Waals surface area contributed by atoms with E-state index in [1.807, 2.05) is 20.9 Å². The normalized spacial score (nSPS) is 11.6. The lowest BCUT2D eigenvalue weighted by Crippen LogP contribution is -2.55. The Morgan fingerprint density at radius 2 is 2.09 bits per heavy atom. The van der Waals surface area contributed by atoms with E-state index in [-0.39, 0.29) is 18.0 Å². The monoisotopic (exact) mass is 305 g/mol. The lowest BCUT2D eigenvalue weighted by Gasteiger charge is -2.32. The molecule has 0 spiro atoms. The summed E-state index contributed by atoms with van der Waals surface area (Å²) in [7, 11) is 1.81. The molecule has 0 aliphatic heterocycles. The van der Waals surface area contributed by atoms with Gasteiger partial charge in [0.25, 0.3) is 0 Å². The topological polar surface area (TPSA) is 113 Å². The number of nitrogens with one attached hydrogen (secondary N) is 2. The molecule has 2 aromatic rings. The average molecular weight is 305 g/mol. The average Bonchev–Trinajstić information content (AvgIpc) is 3.01. The number of H-pyrrole nitrogens is 1. The highest BCUT2D eigenvalue weighted by Gasteiger charge is 2.27. The number of hydrogen-bond donors (Lipinski definition) is 3. The number of fused-ring (bicyclic) bond motifs is 1. The van der Waals surface area contributed by atoms with Crippen LogP contribution in [-0.2, 0) is 4.79 Å². The van der Waals surface area contributed by atoms with Crippen LogP contribution in [-0.4, -0.2) is 51.5 Å². The zero-order chi connectivity index (χ0) is 16.2. The van der Waals surface area contributed by atoms with Crippen molar-refractivity contribution in [3.8, 4) is 0 Å². The van der Waals surface area contributed by atoms with Crippen LogP contribution < -0.4 is 16.0 Å². The van der Waals surface area contributed by atoms with E-state index in [0.29, 0.717) is 23.5 Å². The third kappa shape index (κ3) is 3.16. The lowest BCUT2D eigenvalue weighted by molar-refractivity contribution is -0.121. The van der Waals surface area contributed by atoms with Gasteiger partial charge in [0.1, 0.15) is 11.8 Å². The lowest BCUT2D eigenvalue weighted by atomic mass is 9.93.